The fourth-order valence-electron chi connectivity index (χ4n) is 2.92. The van der Waals surface area contributed by atoms with Gasteiger partial charge in [-0.05, 0) is 54.1 Å². The minimum Gasteiger partial charge on any atom is -0.497 e. The average molecular weight is 419 g/mol. The van der Waals surface area contributed by atoms with E-state index in [-0.39, 0.29) is 5.91 Å². The van der Waals surface area contributed by atoms with Gasteiger partial charge in [-0.25, -0.2) is 0 Å². The first-order chi connectivity index (χ1) is 14.6. The van der Waals surface area contributed by atoms with Crippen LogP contribution in [-0.2, 0) is 6.54 Å². The van der Waals surface area contributed by atoms with Gasteiger partial charge in [0.05, 0.1) is 7.11 Å². The fraction of sp³-hybridized carbons (Fsp3) is 0.0870. The minimum atomic E-state index is -0.263. The first-order valence-electron chi connectivity index (χ1n) is 9.33. The van der Waals surface area contributed by atoms with Crippen LogP contribution >= 0.6 is 11.6 Å². The van der Waals surface area contributed by atoms with Crippen molar-refractivity contribution in [1.29, 1.82) is 0 Å². The molecule has 0 unspecified atom stereocenters. The van der Waals surface area contributed by atoms with Gasteiger partial charge in [0.1, 0.15) is 5.75 Å². The summed E-state index contributed by atoms with van der Waals surface area (Å²) in [7, 11) is 1.61. The van der Waals surface area contributed by atoms with Crippen LogP contribution in [0.2, 0.25) is 5.02 Å². The van der Waals surface area contributed by atoms with Crippen LogP contribution in [0.4, 0.5) is 5.95 Å². The number of halogens is 1. The van der Waals surface area contributed by atoms with Gasteiger partial charge >= 0.3 is 0 Å². The van der Waals surface area contributed by atoms with E-state index in [2.05, 4.69) is 15.4 Å². The number of carbonyl (C=O) groups is 1. The Bertz CT molecular complexity index is 1140. The molecule has 7 heteroatoms. The second-order valence-electron chi connectivity index (χ2n) is 6.55. The third kappa shape index (κ3) is 4.34. The first-order valence-corrected chi connectivity index (χ1v) is 9.71. The van der Waals surface area contributed by atoms with E-state index in [4.69, 9.17) is 16.3 Å². The van der Waals surface area contributed by atoms with Crippen LogP contribution in [0.5, 0.6) is 5.75 Å². The molecule has 0 aliphatic heterocycles. The number of ether oxygens (including phenoxy) is 1. The Kier molecular flexibility index (Phi) is 5.77. The number of hydrogen-bond acceptors (Lipinski definition) is 5. The highest BCUT2D eigenvalue weighted by Crippen LogP contribution is 2.22. The fourth-order valence-corrected chi connectivity index (χ4v) is 3.04. The number of nitrogens with one attached hydrogen (secondary N) is 1. The molecule has 0 fully saturated rings. The zero-order chi connectivity index (χ0) is 20.9. The van der Waals surface area contributed by atoms with Gasteiger partial charge in [-0.3, -0.25) is 4.79 Å². The van der Waals surface area contributed by atoms with Gasteiger partial charge in [0.15, 0.2) is 5.82 Å². The zero-order valence-corrected chi connectivity index (χ0v) is 17.0. The first kappa shape index (κ1) is 19.7. The lowest BCUT2D eigenvalue weighted by atomic mass is 10.2. The van der Waals surface area contributed by atoms with Crippen LogP contribution in [0, 0.1) is 0 Å². The van der Waals surface area contributed by atoms with E-state index in [1.165, 1.54) is 4.68 Å². The van der Waals surface area contributed by atoms with E-state index in [0.717, 1.165) is 16.9 Å². The van der Waals surface area contributed by atoms with Crippen molar-refractivity contribution in [3.8, 4) is 17.1 Å². The molecule has 4 aromatic rings. The Morgan fingerprint density at radius 2 is 1.70 bits per heavy atom. The van der Waals surface area contributed by atoms with Crippen LogP contribution in [0.25, 0.3) is 11.4 Å². The molecule has 0 radical (unpaired) electrons. The van der Waals surface area contributed by atoms with Crippen LogP contribution in [-0.4, -0.2) is 27.8 Å². The largest absolute Gasteiger partial charge is 0.497 e. The number of anilines is 1. The van der Waals surface area contributed by atoms with Crippen molar-refractivity contribution in [3.05, 3.63) is 95.0 Å². The zero-order valence-electron chi connectivity index (χ0n) is 16.2. The molecule has 0 bridgehead atoms. The maximum absolute atomic E-state index is 13.1. The van der Waals surface area contributed by atoms with E-state index in [9.17, 15) is 4.79 Å². The lowest BCUT2D eigenvalue weighted by Gasteiger charge is -2.07. The number of hydrogen-bond donors (Lipinski definition) is 1. The van der Waals surface area contributed by atoms with Crippen molar-refractivity contribution < 1.29 is 9.53 Å². The second-order valence-corrected chi connectivity index (χ2v) is 6.99. The Morgan fingerprint density at radius 1 is 1.00 bits per heavy atom. The van der Waals surface area contributed by atoms with Crippen LogP contribution < -0.4 is 10.1 Å². The molecule has 30 heavy (non-hydrogen) atoms. The molecule has 0 atom stereocenters. The molecule has 1 N–H and O–H groups in total. The number of methoxy groups -OCH3 is 1. The molecule has 0 aliphatic rings. The smallest absolute Gasteiger partial charge is 0.281 e. The van der Waals surface area contributed by atoms with Crippen molar-refractivity contribution in [1.82, 2.24) is 14.8 Å². The van der Waals surface area contributed by atoms with E-state index in [0.29, 0.717) is 28.9 Å². The summed E-state index contributed by atoms with van der Waals surface area (Å²) in [6.07, 6.45) is 0. The third-order valence-corrected chi connectivity index (χ3v) is 4.78. The maximum Gasteiger partial charge on any atom is 0.281 e. The lowest BCUT2D eigenvalue weighted by molar-refractivity contribution is 0.0947. The average Bonchev–Trinajstić information content (AvgIpc) is 3.23. The summed E-state index contributed by atoms with van der Waals surface area (Å²) in [5, 5.41) is 8.35. The summed E-state index contributed by atoms with van der Waals surface area (Å²) in [6, 6.07) is 23.8. The number of carbonyl (C=O) groups excluding carboxylic acids is 1. The summed E-state index contributed by atoms with van der Waals surface area (Å²) >= 11 is 5.96. The second kappa shape index (κ2) is 8.80. The van der Waals surface area contributed by atoms with Crippen LogP contribution in [0.15, 0.2) is 78.9 Å². The van der Waals surface area contributed by atoms with Crippen molar-refractivity contribution >= 4 is 23.5 Å². The SMILES string of the molecule is COc1ccc(-c2nc(NCc3ccc(Cl)cc3)n(C(=O)c3ccccc3)n2)cc1. The normalized spacial score (nSPS) is 10.6. The monoisotopic (exact) mass is 418 g/mol. The van der Waals surface area contributed by atoms with Crippen LogP contribution in [0.3, 0.4) is 0 Å². The number of nitrogens with zero attached hydrogens (tertiary/aromatic N) is 3. The molecular weight excluding hydrogens is 400 g/mol. The molecule has 0 amide bonds. The quantitative estimate of drug-likeness (QED) is 0.482. The van der Waals surface area contributed by atoms with Gasteiger partial charge in [-0.15, -0.1) is 5.10 Å². The highest BCUT2D eigenvalue weighted by atomic mass is 35.5. The number of aromatic nitrogens is 3. The molecule has 6 nitrogen and oxygen atoms in total. The molecule has 4 rings (SSSR count). The number of rotatable bonds is 6. The molecule has 0 saturated heterocycles. The summed E-state index contributed by atoms with van der Waals surface area (Å²) in [6.45, 7) is 0.472. The van der Waals surface area contributed by atoms with E-state index in [1.54, 1.807) is 19.2 Å². The molecule has 3 aromatic carbocycles. The Labute approximate surface area is 179 Å². The van der Waals surface area contributed by atoms with Gasteiger partial charge in [-0.1, -0.05) is 41.9 Å². The molecule has 0 aliphatic carbocycles. The minimum absolute atomic E-state index is 0.263. The topological polar surface area (TPSA) is 69.0 Å². The van der Waals surface area contributed by atoms with Gasteiger partial charge in [-0.2, -0.15) is 9.67 Å². The van der Waals surface area contributed by atoms with Crippen LogP contribution in [0.1, 0.15) is 15.9 Å². The van der Waals surface area contributed by atoms with Gasteiger partial charge in [0, 0.05) is 22.7 Å². The molecule has 1 heterocycles. The van der Waals surface area contributed by atoms with Gasteiger partial charge in [0.25, 0.3) is 5.91 Å². The molecular formula is C23H19ClN4O2. The standard InChI is InChI=1S/C23H19ClN4O2/c1-30-20-13-9-17(10-14-20)21-26-23(25-15-16-7-11-19(24)12-8-16)28(27-21)22(29)18-5-3-2-4-6-18/h2-14H,15H2,1H3,(H,25,26,27). The molecule has 0 spiro atoms. The predicted octanol–water partition coefficient (Wildman–Crippen LogP) is 4.91. The highest BCUT2D eigenvalue weighted by Gasteiger charge is 2.18. The summed E-state index contributed by atoms with van der Waals surface area (Å²) in [5.74, 6) is 1.28. The van der Waals surface area contributed by atoms with Gasteiger partial charge in [0.2, 0.25) is 5.95 Å². The van der Waals surface area contributed by atoms with Crippen molar-refractivity contribution in [2.45, 2.75) is 6.54 Å². The number of benzene rings is 3. The predicted molar refractivity (Wildman–Crippen MR) is 117 cm³/mol. The summed E-state index contributed by atoms with van der Waals surface area (Å²) < 4.78 is 6.50. The maximum atomic E-state index is 13.1. The molecule has 0 saturated carbocycles. The van der Waals surface area contributed by atoms with Crippen molar-refractivity contribution in [3.63, 3.8) is 0 Å². The van der Waals surface area contributed by atoms with Crippen molar-refractivity contribution in [2.24, 2.45) is 0 Å². The van der Waals surface area contributed by atoms with Gasteiger partial charge < -0.3 is 10.1 Å². The van der Waals surface area contributed by atoms with E-state index in [1.807, 2.05) is 66.7 Å². The summed E-state index contributed by atoms with van der Waals surface area (Å²) in [5.41, 5.74) is 2.32. The van der Waals surface area contributed by atoms with Crippen molar-refractivity contribution in [2.75, 3.05) is 12.4 Å². The Morgan fingerprint density at radius 3 is 2.37 bits per heavy atom. The Hall–Kier alpha value is -3.64. The van der Waals surface area contributed by atoms with E-state index < -0.39 is 0 Å². The lowest BCUT2D eigenvalue weighted by Crippen LogP contribution is -2.17. The molecule has 150 valence electrons. The molecule has 1 aromatic heterocycles. The van der Waals surface area contributed by atoms with E-state index >= 15 is 0 Å². The highest BCUT2D eigenvalue weighted by molar-refractivity contribution is 6.30. The third-order valence-electron chi connectivity index (χ3n) is 4.53. The summed E-state index contributed by atoms with van der Waals surface area (Å²) in [4.78, 5) is 17.6. The Balaban J connectivity index is 1.67.